The number of Topliss-reactive ketones (excluding diaryl/α,β-unsaturated/α-hetero) is 1. The molecule has 4 heteroatoms. The van der Waals surface area contributed by atoms with Crippen LogP contribution in [0.25, 0.3) is 0 Å². The first kappa shape index (κ1) is 12.9. The fourth-order valence-electron chi connectivity index (χ4n) is 2.36. The van der Waals surface area contributed by atoms with E-state index >= 15 is 0 Å². The highest BCUT2D eigenvalue weighted by Gasteiger charge is 2.23. The molecule has 0 saturated heterocycles. The molecule has 1 saturated carbocycles. The van der Waals surface area contributed by atoms with Crippen LogP contribution in [0.5, 0.6) is 0 Å². The van der Waals surface area contributed by atoms with Crippen molar-refractivity contribution in [3.8, 4) is 6.07 Å². The zero-order chi connectivity index (χ0) is 13.1. The number of hydrogen-bond donors (Lipinski definition) is 0. The number of carbonyl (C=O) groups excluding carboxylic acids is 1. The Morgan fingerprint density at radius 2 is 2.28 bits per heavy atom. The largest absolute Gasteiger partial charge is 0.371 e. The molecular formula is C14H15ClN2O. The third-order valence-corrected chi connectivity index (χ3v) is 3.80. The molecular weight excluding hydrogens is 248 g/mol. The lowest BCUT2D eigenvalue weighted by atomic mass is 9.93. The molecule has 1 fully saturated rings. The molecule has 1 aliphatic carbocycles. The molecule has 0 aliphatic heterocycles. The Morgan fingerprint density at radius 3 is 2.89 bits per heavy atom. The number of anilines is 1. The Kier molecular flexibility index (Phi) is 3.88. The lowest BCUT2D eigenvalue weighted by Crippen LogP contribution is -2.36. The molecule has 0 amide bonds. The molecule has 0 bridgehead atoms. The first-order valence-corrected chi connectivity index (χ1v) is 6.44. The number of hydrogen-bond acceptors (Lipinski definition) is 3. The van der Waals surface area contributed by atoms with Gasteiger partial charge in [-0.1, -0.05) is 11.6 Å². The average Bonchev–Trinajstić information content (AvgIpc) is 2.37. The van der Waals surface area contributed by atoms with Crippen molar-refractivity contribution in [3.63, 3.8) is 0 Å². The molecule has 0 radical (unpaired) electrons. The van der Waals surface area contributed by atoms with Gasteiger partial charge in [-0.25, -0.2) is 0 Å². The van der Waals surface area contributed by atoms with Crippen LogP contribution in [0.15, 0.2) is 18.2 Å². The predicted molar refractivity (Wildman–Crippen MR) is 71.8 cm³/mol. The van der Waals surface area contributed by atoms with E-state index in [-0.39, 0.29) is 6.04 Å². The highest BCUT2D eigenvalue weighted by Crippen LogP contribution is 2.27. The van der Waals surface area contributed by atoms with Crippen LogP contribution in [-0.4, -0.2) is 18.9 Å². The topological polar surface area (TPSA) is 44.1 Å². The van der Waals surface area contributed by atoms with Crippen LogP contribution >= 0.6 is 11.6 Å². The second-order valence-electron chi connectivity index (χ2n) is 4.68. The second kappa shape index (κ2) is 5.41. The molecule has 3 nitrogen and oxygen atoms in total. The lowest BCUT2D eigenvalue weighted by Gasteiger charge is -2.32. The molecule has 1 aliphatic rings. The molecule has 2 rings (SSSR count). The minimum absolute atomic E-state index is 0.246. The highest BCUT2D eigenvalue weighted by atomic mass is 35.5. The van der Waals surface area contributed by atoms with E-state index in [1.54, 1.807) is 12.1 Å². The maximum Gasteiger partial charge on any atom is 0.134 e. The first-order chi connectivity index (χ1) is 8.61. The van der Waals surface area contributed by atoms with E-state index in [1.807, 2.05) is 19.2 Å². The Bertz CT molecular complexity index is 507. The van der Waals surface area contributed by atoms with Gasteiger partial charge in [0.25, 0.3) is 0 Å². The zero-order valence-electron chi connectivity index (χ0n) is 10.3. The quantitative estimate of drug-likeness (QED) is 0.822. The summed E-state index contributed by atoms with van der Waals surface area (Å²) in [5.41, 5.74) is 1.44. The summed E-state index contributed by atoms with van der Waals surface area (Å²) in [6.07, 6.45) is 3.30. The van der Waals surface area contributed by atoms with Gasteiger partial charge in [0.2, 0.25) is 0 Å². The Balaban J connectivity index is 2.18. The Morgan fingerprint density at radius 1 is 1.50 bits per heavy atom. The molecule has 0 spiro atoms. The summed E-state index contributed by atoms with van der Waals surface area (Å²) < 4.78 is 0. The van der Waals surface area contributed by atoms with E-state index in [1.165, 1.54) is 0 Å². The number of ketones is 1. The summed E-state index contributed by atoms with van der Waals surface area (Å²) in [7, 11) is 1.97. The van der Waals surface area contributed by atoms with E-state index in [4.69, 9.17) is 16.9 Å². The number of halogens is 1. The fourth-order valence-corrected chi connectivity index (χ4v) is 2.57. The smallest absolute Gasteiger partial charge is 0.134 e. The van der Waals surface area contributed by atoms with Crippen molar-refractivity contribution < 1.29 is 4.79 Å². The van der Waals surface area contributed by atoms with Gasteiger partial charge in [-0.2, -0.15) is 5.26 Å². The molecule has 1 aromatic rings. The van der Waals surface area contributed by atoms with Crippen LogP contribution in [-0.2, 0) is 4.79 Å². The van der Waals surface area contributed by atoms with E-state index in [9.17, 15) is 4.79 Å². The molecule has 0 heterocycles. The van der Waals surface area contributed by atoms with Crippen molar-refractivity contribution in [2.75, 3.05) is 11.9 Å². The molecule has 0 aromatic heterocycles. The lowest BCUT2D eigenvalue weighted by molar-refractivity contribution is -0.120. The van der Waals surface area contributed by atoms with Crippen LogP contribution in [0, 0.1) is 11.3 Å². The maximum atomic E-state index is 11.5. The van der Waals surface area contributed by atoms with E-state index < -0.39 is 0 Å². The molecule has 0 N–H and O–H groups in total. The number of carbonyl (C=O) groups is 1. The minimum atomic E-state index is 0.246. The average molecular weight is 263 g/mol. The molecule has 18 heavy (non-hydrogen) atoms. The molecule has 94 valence electrons. The van der Waals surface area contributed by atoms with E-state index in [0.717, 1.165) is 18.5 Å². The number of nitriles is 1. The summed E-state index contributed by atoms with van der Waals surface area (Å²) in [6.45, 7) is 0. The van der Waals surface area contributed by atoms with Crippen LogP contribution < -0.4 is 4.90 Å². The van der Waals surface area contributed by atoms with E-state index in [2.05, 4.69) is 4.90 Å². The van der Waals surface area contributed by atoms with Crippen molar-refractivity contribution in [3.05, 3.63) is 28.8 Å². The van der Waals surface area contributed by atoms with Crippen molar-refractivity contribution in [2.45, 2.75) is 31.7 Å². The van der Waals surface area contributed by atoms with Gasteiger partial charge < -0.3 is 4.90 Å². The maximum absolute atomic E-state index is 11.5. The van der Waals surface area contributed by atoms with Crippen molar-refractivity contribution in [1.82, 2.24) is 0 Å². The van der Waals surface area contributed by atoms with Gasteiger partial charge in [-0.15, -0.1) is 0 Å². The number of benzene rings is 1. The molecule has 1 unspecified atom stereocenters. The first-order valence-electron chi connectivity index (χ1n) is 6.06. The van der Waals surface area contributed by atoms with Crippen LogP contribution in [0.1, 0.15) is 31.2 Å². The summed E-state index contributed by atoms with van der Waals surface area (Å²) >= 11 is 6.03. The van der Waals surface area contributed by atoms with Gasteiger partial charge in [0.05, 0.1) is 10.6 Å². The standard InChI is InChI=1S/C14H15ClN2O/c1-17(11-3-2-4-13(18)7-11)12-6-5-10(9-16)14(15)8-12/h5-6,8,11H,2-4,7H2,1H3. The fraction of sp³-hybridized carbons (Fsp3) is 0.429. The van der Waals surface area contributed by atoms with Crippen molar-refractivity contribution in [2.24, 2.45) is 0 Å². The van der Waals surface area contributed by atoms with Crippen molar-refractivity contribution in [1.29, 1.82) is 5.26 Å². The van der Waals surface area contributed by atoms with E-state index in [0.29, 0.717) is 29.2 Å². The van der Waals surface area contributed by atoms with Crippen molar-refractivity contribution >= 4 is 23.1 Å². The van der Waals surface area contributed by atoms with Gasteiger partial charge >= 0.3 is 0 Å². The SMILES string of the molecule is CN(c1ccc(C#N)c(Cl)c1)C1CCCC(=O)C1. The summed E-state index contributed by atoms with van der Waals surface area (Å²) in [6, 6.07) is 7.68. The molecule has 1 atom stereocenters. The summed E-state index contributed by atoms with van der Waals surface area (Å²) in [5.74, 6) is 0.331. The van der Waals surface area contributed by atoms with Gasteiger partial charge in [0.1, 0.15) is 11.9 Å². The van der Waals surface area contributed by atoms with Gasteiger partial charge in [-0.05, 0) is 31.0 Å². The van der Waals surface area contributed by atoms with Gasteiger partial charge in [0.15, 0.2) is 0 Å². The zero-order valence-corrected chi connectivity index (χ0v) is 11.1. The number of nitrogens with zero attached hydrogens (tertiary/aromatic N) is 2. The Labute approximate surface area is 112 Å². The normalized spacial score (nSPS) is 19.4. The van der Waals surface area contributed by atoms with Gasteiger partial charge in [-0.3, -0.25) is 4.79 Å². The van der Waals surface area contributed by atoms with Crippen LogP contribution in [0.2, 0.25) is 5.02 Å². The summed E-state index contributed by atoms with van der Waals surface area (Å²) in [5, 5.41) is 9.30. The second-order valence-corrected chi connectivity index (χ2v) is 5.08. The van der Waals surface area contributed by atoms with Gasteiger partial charge in [0, 0.05) is 31.6 Å². The monoisotopic (exact) mass is 262 g/mol. The summed E-state index contributed by atoms with van der Waals surface area (Å²) in [4.78, 5) is 13.6. The Hall–Kier alpha value is -1.53. The minimum Gasteiger partial charge on any atom is -0.371 e. The molecule has 1 aromatic carbocycles. The number of rotatable bonds is 2. The van der Waals surface area contributed by atoms with Crippen LogP contribution in [0.3, 0.4) is 0 Å². The highest BCUT2D eigenvalue weighted by molar-refractivity contribution is 6.32. The third-order valence-electron chi connectivity index (χ3n) is 3.48. The third kappa shape index (κ3) is 2.65. The predicted octanol–water partition coefficient (Wildman–Crippen LogP) is 3.16. The van der Waals surface area contributed by atoms with Crippen LogP contribution in [0.4, 0.5) is 5.69 Å².